The number of ether oxygens (including phenoxy) is 1. The van der Waals surface area contributed by atoms with E-state index in [-0.39, 0.29) is 17.7 Å². The van der Waals surface area contributed by atoms with Crippen molar-refractivity contribution in [2.75, 3.05) is 17.2 Å². The Morgan fingerprint density at radius 2 is 1.81 bits per heavy atom. The summed E-state index contributed by atoms with van der Waals surface area (Å²) >= 11 is 0. The first-order chi connectivity index (χ1) is 17.3. The highest BCUT2D eigenvalue weighted by atomic mass is 19.4. The minimum atomic E-state index is -4.66. The van der Waals surface area contributed by atoms with Crippen molar-refractivity contribution in [2.45, 2.75) is 31.5 Å². The molecule has 1 amide bonds. The lowest BCUT2D eigenvalue weighted by molar-refractivity contribution is -0.185. The van der Waals surface area contributed by atoms with Crippen molar-refractivity contribution in [3.8, 4) is 0 Å². The van der Waals surface area contributed by atoms with Crippen molar-refractivity contribution in [1.82, 2.24) is 9.97 Å². The van der Waals surface area contributed by atoms with Crippen LogP contribution < -0.4 is 16.2 Å². The van der Waals surface area contributed by atoms with Crippen LogP contribution in [0.25, 0.3) is 21.8 Å². The van der Waals surface area contributed by atoms with Gasteiger partial charge in [-0.25, -0.2) is 4.98 Å². The molecular formula is C26H23F3N4O3. The quantitative estimate of drug-likeness (QED) is 0.306. The van der Waals surface area contributed by atoms with Crippen LogP contribution in [0.15, 0.2) is 65.6 Å². The second kappa shape index (κ2) is 9.62. The number of carbonyl (C=O) groups is 1. The molecule has 1 aliphatic heterocycles. The van der Waals surface area contributed by atoms with E-state index in [0.717, 1.165) is 10.8 Å². The van der Waals surface area contributed by atoms with Crippen molar-refractivity contribution in [3.63, 3.8) is 0 Å². The second-order valence-electron chi connectivity index (χ2n) is 8.74. The number of hydrogen-bond acceptors (Lipinski definition) is 5. The topological polar surface area (TPSA) is 96.1 Å². The van der Waals surface area contributed by atoms with Gasteiger partial charge in [0.1, 0.15) is 11.6 Å². The maximum atomic E-state index is 13.5. The van der Waals surface area contributed by atoms with E-state index in [9.17, 15) is 22.8 Å². The molecule has 0 radical (unpaired) electrons. The fourth-order valence-electron chi connectivity index (χ4n) is 4.51. The number of aromatic nitrogens is 2. The molecule has 3 N–H and O–H groups in total. The van der Waals surface area contributed by atoms with Gasteiger partial charge in [0.15, 0.2) is 0 Å². The SMILES string of the molecule is O=C(Nc1ccc(Nc2ccnc3[nH]c(=O)c4ccccc4c23)cc1)C(CC1CCCO1)C(F)(F)F. The molecular weight excluding hydrogens is 473 g/mol. The molecule has 0 bridgehead atoms. The molecule has 10 heteroatoms. The number of nitrogens with zero attached hydrogens (tertiary/aromatic N) is 1. The summed E-state index contributed by atoms with van der Waals surface area (Å²) in [4.78, 5) is 31.9. The second-order valence-corrected chi connectivity index (χ2v) is 8.74. The number of anilines is 3. The Hall–Kier alpha value is -3.92. The van der Waals surface area contributed by atoms with Gasteiger partial charge in [0, 0.05) is 40.3 Å². The number of rotatable bonds is 6. The molecule has 1 saturated heterocycles. The van der Waals surface area contributed by atoms with E-state index in [4.69, 9.17) is 4.74 Å². The molecule has 4 aromatic rings. The van der Waals surface area contributed by atoms with Crippen molar-refractivity contribution >= 4 is 44.8 Å². The van der Waals surface area contributed by atoms with E-state index in [2.05, 4.69) is 20.6 Å². The number of fused-ring (bicyclic) bond motifs is 3. The van der Waals surface area contributed by atoms with Gasteiger partial charge in [-0.2, -0.15) is 13.2 Å². The van der Waals surface area contributed by atoms with Crippen LogP contribution in [0, 0.1) is 5.92 Å². The number of hydrogen-bond donors (Lipinski definition) is 3. The Labute approximate surface area is 203 Å². The first-order valence-corrected chi connectivity index (χ1v) is 11.6. The van der Waals surface area contributed by atoms with Gasteiger partial charge in [-0.15, -0.1) is 0 Å². The van der Waals surface area contributed by atoms with Crippen molar-refractivity contribution in [2.24, 2.45) is 5.92 Å². The van der Waals surface area contributed by atoms with Gasteiger partial charge in [0.05, 0.1) is 11.8 Å². The first-order valence-electron chi connectivity index (χ1n) is 11.6. The highest BCUT2D eigenvalue weighted by Crippen LogP contribution is 2.34. The zero-order valence-corrected chi connectivity index (χ0v) is 19.1. The molecule has 0 spiro atoms. The summed E-state index contributed by atoms with van der Waals surface area (Å²) in [5.41, 5.74) is 1.78. The number of aromatic amines is 1. The number of halogens is 3. The molecule has 186 valence electrons. The van der Waals surface area contributed by atoms with Crippen LogP contribution >= 0.6 is 0 Å². The van der Waals surface area contributed by atoms with Gasteiger partial charge in [-0.3, -0.25) is 9.59 Å². The van der Waals surface area contributed by atoms with Gasteiger partial charge in [0.25, 0.3) is 5.56 Å². The summed E-state index contributed by atoms with van der Waals surface area (Å²) in [5.74, 6) is -3.24. The van der Waals surface area contributed by atoms with E-state index in [1.165, 1.54) is 12.1 Å². The minimum absolute atomic E-state index is 0.237. The predicted octanol–water partition coefficient (Wildman–Crippen LogP) is 5.51. The van der Waals surface area contributed by atoms with Gasteiger partial charge >= 0.3 is 6.18 Å². The average Bonchev–Trinajstić information content (AvgIpc) is 3.37. The number of H-pyrrole nitrogens is 1. The van der Waals surface area contributed by atoms with Crippen LogP contribution in [0.5, 0.6) is 0 Å². The van der Waals surface area contributed by atoms with E-state index >= 15 is 0 Å². The van der Waals surface area contributed by atoms with Gasteiger partial charge in [0.2, 0.25) is 5.91 Å². The Morgan fingerprint density at radius 3 is 2.50 bits per heavy atom. The highest BCUT2D eigenvalue weighted by Gasteiger charge is 2.46. The van der Waals surface area contributed by atoms with E-state index in [1.807, 2.05) is 12.1 Å². The molecule has 5 rings (SSSR count). The lowest BCUT2D eigenvalue weighted by Crippen LogP contribution is -2.37. The molecule has 36 heavy (non-hydrogen) atoms. The molecule has 2 aromatic heterocycles. The van der Waals surface area contributed by atoms with Crippen LogP contribution in [-0.4, -0.2) is 34.8 Å². The fraction of sp³-hybridized carbons (Fsp3) is 0.269. The van der Waals surface area contributed by atoms with E-state index in [1.54, 1.807) is 36.5 Å². The fourth-order valence-corrected chi connectivity index (χ4v) is 4.51. The summed E-state index contributed by atoms with van der Waals surface area (Å²) in [6.07, 6.45) is -2.83. The summed E-state index contributed by atoms with van der Waals surface area (Å²) in [7, 11) is 0. The number of pyridine rings is 2. The molecule has 1 aliphatic rings. The summed E-state index contributed by atoms with van der Waals surface area (Å²) in [5, 5.41) is 7.64. The largest absolute Gasteiger partial charge is 0.400 e. The summed E-state index contributed by atoms with van der Waals surface area (Å²) in [6, 6.07) is 15.3. The van der Waals surface area contributed by atoms with Gasteiger partial charge < -0.3 is 20.4 Å². The monoisotopic (exact) mass is 496 g/mol. The highest BCUT2D eigenvalue weighted by molar-refractivity contribution is 6.10. The smallest absolute Gasteiger partial charge is 0.378 e. The minimum Gasteiger partial charge on any atom is -0.378 e. The van der Waals surface area contributed by atoms with Crippen molar-refractivity contribution in [3.05, 3.63) is 71.1 Å². The molecule has 7 nitrogen and oxygen atoms in total. The third-order valence-corrected chi connectivity index (χ3v) is 6.29. The molecule has 2 unspecified atom stereocenters. The number of benzene rings is 2. The average molecular weight is 496 g/mol. The lowest BCUT2D eigenvalue weighted by atomic mass is 9.98. The maximum Gasteiger partial charge on any atom is 0.400 e. The molecule has 3 heterocycles. The third-order valence-electron chi connectivity index (χ3n) is 6.29. The zero-order valence-electron chi connectivity index (χ0n) is 19.1. The van der Waals surface area contributed by atoms with Crippen LogP contribution in [0.1, 0.15) is 19.3 Å². The Morgan fingerprint density at radius 1 is 1.08 bits per heavy atom. The molecule has 0 saturated carbocycles. The molecule has 2 aromatic carbocycles. The molecule has 2 atom stereocenters. The van der Waals surface area contributed by atoms with E-state index in [0.29, 0.717) is 41.9 Å². The molecule has 1 fully saturated rings. The van der Waals surface area contributed by atoms with Crippen LogP contribution in [0.4, 0.5) is 30.2 Å². The Bertz CT molecular complexity index is 1460. The maximum absolute atomic E-state index is 13.5. The van der Waals surface area contributed by atoms with Crippen LogP contribution in [0.3, 0.4) is 0 Å². The number of nitrogens with one attached hydrogen (secondary N) is 3. The number of amides is 1. The third kappa shape index (κ3) is 4.90. The van der Waals surface area contributed by atoms with Gasteiger partial charge in [-0.05, 0) is 55.7 Å². The van der Waals surface area contributed by atoms with Gasteiger partial charge in [-0.1, -0.05) is 18.2 Å². The Kier molecular flexibility index (Phi) is 6.36. The van der Waals surface area contributed by atoms with Crippen LogP contribution in [0.2, 0.25) is 0 Å². The normalized spacial score (nSPS) is 16.8. The molecule has 0 aliphatic carbocycles. The van der Waals surface area contributed by atoms with Crippen molar-refractivity contribution < 1.29 is 22.7 Å². The standard InChI is InChI=1S/C26H23F3N4O3/c27-26(28,29)20(14-17-4-3-13-36-17)25(35)32-16-9-7-15(8-10-16)31-21-11-12-30-23-22(21)18-5-1-2-6-19(18)24(34)33-23/h1-2,5-12,17,20H,3-4,13-14H2,(H,32,35)(H2,30,31,33,34). The van der Waals surface area contributed by atoms with Crippen molar-refractivity contribution in [1.29, 1.82) is 0 Å². The van der Waals surface area contributed by atoms with E-state index < -0.39 is 24.1 Å². The Balaban J connectivity index is 1.35. The first kappa shape index (κ1) is 23.8. The number of carbonyl (C=O) groups excluding carboxylic acids is 1. The number of alkyl halides is 3. The lowest BCUT2D eigenvalue weighted by Gasteiger charge is -2.22. The summed E-state index contributed by atoms with van der Waals surface area (Å²) < 4.78 is 45.9. The zero-order chi connectivity index (χ0) is 25.3. The predicted molar refractivity (Wildman–Crippen MR) is 131 cm³/mol. The summed E-state index contributed by atoms with van der Waals surface area (Å²) in [6.45, 7) is 0.421. The van der Waals surface area contributed by atoms with Crippen LogP contribution in [-0.2, 0) is 9.53 Å².